The minimum absolute atomic E-state index is 0.405. The van der Waals surface area contributed by atoms with Crippen LogP contribution in [-0.4, -0.2) is 17.1 Å². The van der Waals surface area contributed by atoms with Crippen molar-refractivity contribution >= 4 is 0 Å². The topological polar surface area (TPSA) is 61.0 Å². The molecule has 1 aliphatic carbocycles. The van der Waals surface area contributed by atoms with Gasteiger partial charge in [0.2, 0.25) is 5.88 Å². The third kappa shape index (κ3) is 2.14. The summed E-state index contributed by atoms with van der Waals surface area (Å²) in [5.74, 6) is 1.60. The van der Waals surface area contributed by atoms with Gasteiger partial charge in [0, 0.05) is 12.4 Å². The lowest BCUT2D eigenvalue weighted by Gasteiger charge is -2.41. The first kappa shape index (κ1) is 12.3. The van der Waals surface area contributed by atoms with E-state index in [0.29, 0.717) is 17.7 Å². The van der Waals surface area contributed by atoms with E-state index in [4.69, 9.17) is 10.5 Å². The van der Waals surface area contributed by atoms with E-state index in [1.165, 1.54) is 6.42 Å². The zero-order valence-electron chi connectivity index (χ0n) is 10.8. The predicted molar refractivity (Wildman–Crippen MR) is 66.6 cm³/mol. The van der Waals surface area contributed by atoms with Gasteiger partial charge in [0.15, 0.2) is 0 Å². The van der Waals surface area contributed by atoms with Gasteiger partial charge in [0.25, 0.3) is 0 Å². The van der Waals surface area contributed by atoms with Crippen LogP contribution in [0.2, 0.25) is 0 Å². The molecular formula is C13H21N3O. The van der Waals surface area contributed by atoms with Crippen LogP contribution in [0.5, 0.6) is 5.88 Å². The molecule has 1 heterocycles. The zero-order chi connectivity index (χ0) is 12.5. The Morgan fingerprint density at radius 2 is 2.00 bits per heavy atom. The van der Waals surface area contributed by atoms with Gasteiger partial charge in [-0.25, -0.2) is 4.98 Å². The van der Waals surface area contributed by atoms with Crippen molar-refractivity contribution < 1.29 is 4.74 Å². The Morgan fingerprint density at radius 3 is 2.71 bits per heavy atom. The number of hydrogen-bond donors (Lipinski definition) is 1. The van der Waals surface area contributed by atoms with E-state index in [1.807, 2.05) is 0 Å². The van der Waals surface area contributed by atoms with E-state index < -0.39 is 5.54 Å². The molecule has 0 saturated heterocycles. The first-order valence-corrected chi connectivity index (χ1v) is 6.22. The molecule has 94 valence electrons. The Balaban J connectivity index is 2.41. The average molecular weight is 235 g/mol. The Bertz CT molecular complexity index is 396. The Labute approximate surface area is 103 Å². The summed E-state index contributed by atoms with van der Waals surface area (Å²) in [6.07, 6.45) is 6.66. The third-order valence-electron chi connectivity index (χ3n) is 3.96. The summed E-state index contributed by atoms with van der Waals surface area (Å²) in [6.45, 7) is 4.44. The summed E-state index contributed by atoms with van der Waals surface area (Å²) in [6, 6.07) is 0. The molecular weight excluding hydrogens is 214 g/mol. The van der Waals surface area contributed by atoms with Crippen molar-refractivity contribution in [3.63, 3.8) is 0 Å². The van der Waals surface area contributed by atoms with Gasteiger partial charge in [-0.3, -0.25) is 4.98 Å². The molecule has 0 amide bonds. The fourth-order valence-electron chi connectivity index (χ4n) is 2.80. The summed E-state index contributed by atoms with van der Waals surface area (Å²) in [5, 5.41) is 0. The molecule has 0 aromatic carbocycles. The standard InChI is InChI=1S/C13H21N3O/c1-9-4-5-10(2)13(14,8-9)11-12(17-3)16-7-6-15-11/h6-7,9-10H,4-5,8,14H2,1-3H3. The van der Waals surface area contributed by atoms with Crippen LogP contribution in [0.1, 0.15) is 38.8 Å². The van der Waals surface area contributed by atoms with Crippen LogP contribution in [0.25, 0.3) is 0 Å². The maximum atomic E-state index is 6.61. The highest BCUT2D eigenvalue weighted by molar-refractivity contribution is 5.27. The maximum absolute atomic E-state index is 6.61. The van der Waals surface area contributed by atoms with Crippen molar-refractivity contribution in [3.8, 4) is 5.88 Å². The van der Waals surface area contributed by atoms with Crippen molar-refractivity contribution in [1.82, 2.24) is 9.97 Å². The molecule has 3 unspecified atom stereocenters. The Morgan fingerprint density at radius 1 is 1.29 bits per heavy atom. The second-order valence-electron chi connectivity index (χ2n) is 5.24. The van der Waals surface area contributed by atoms with E-state index in [2.05, 4.69) is 23.8 Å². The van der Waals surface area contributed by atoms with E-state index in [-0.39, 0.29) is 0 Å². The predicted octanol–water partition coefficient (Wildman–Crippen LogP) is 2.10. The van der Waals surface area contributed by atoms with E-state index in [0.717, 1.165) is 18.5 Å². The normalized spacial score (nSPS) is 33.4. The highest BCUT2D eigenvalue weighted by atomic mass is 16.5. The summed E-state index contributed by atoms with van der Waals surface area (Å²) in [7, 11) is 1.62. The zero-order valence-corrected chi connectivity index (χ0v) is 10.8. The van der Waals surface area contributed by atoms with E-state index >= 15 is 0 Å². The number of methoxy groups -OCH3 is 1. The van der Waals surface area contributed by atoms with E-state index in [1.54, 1.807) is 19.5 Å². The molecule has 17 heavy (non-hydrogen) atoms. The lowest BCUT2D eigenvalue weighted by molar-refractivity contribution is 0.152. The molecule has 4 heteroatoms. The summed E-state index contributed by atoms with van der Waals surface area (Å²) in [5.41, 5.74) is 7.01. The fourth-order valence-corrected chi connectivity index (χ4v) is 2.80. The highest BCUT2D eigenvalue weighted by Crippen LogP contribution is 2.43. The van der Waals surface area contributed by atoms with Gasteiger partial charge in [-0.15, -0.1) is 0 Å². The number of nitrogens with two attached hydrogens (primary N) is 1. The summed E-state index contributed by atoms with van der Waals surface area (Å²) < 4.78 is 5.29. The van der Waals surface area contributed by atoms with Gasteiger partial charge in [0.05, 0.1) is 12.6 Å². The molecule has 1 saturated carbocycles. The minimum Gasteiger partial charge on any atom is -0.480 e. The monoisotopic (exact) mass is 235 g/mol. The first-order chi connectivity index (χ1) is 8.08. The number of rotatable bonds is 2. The maximum Gasteiger partial charge on any atom is 0.237 e. The van der Waals surface area contributed by atoms with Crippen LogP contribution in [0, 0.1) is 11.8 Å². The van der Waals surface area contributed by atoms with Crippen LogP contribution in [0.3, 0.4) is 0 Å². The fraction of sp³-hybridized carbons (Fsp3) is 0.692. The molecule has 0 bridgehead atoms. The summed E-state index contributed by atoms with van der Waals surface area (Å²) in [4.78, 5) is 8.63. The second kappa shape index (κ2) is 4.61. The van der Waals surface area contributed by atoms with Crippen LogP contribution in [0.4, 0.5) is 0 Å². The molecule has 1 aromatic rings. The molecule has 1 fully saturated rings. The molecule has 0 radical (unpaired) electrons. The van der Waals surface area contributed by atoms with Crippen LogP contribution >= 0.6 is 0 Å². The van der Waals surface area contributed by atoms with Gasteiger partial charge >= 0.3 is 0 Å². The highest BCUT2D eigenvalue weighted by Gasteiger charge is 2.42. The molecule has 2 rings (SSSR count). The van der Waals surface area contributed by atoms with Gasteiger partial charge in [-0.1, -0.05) is 20.3 Å². The number of hydrogen-bond acceptors (Lipinski definition) is 4. The largest absolute Gasteiger partial charge is 0.480 e. The lowest BCUT2D eigenvalue weighted by atomic mass is 9.68. The SMILES string of the molecule is COc1nccnc1C1(N)CC(C)CCC1C. The molecule has 0 aliphatic heterocycles. The molecule has 1 aromatic heterocycles. The summed E-state index contributed by atoms with van der Waals surface area (Å²) >= 11 is 0. The first-order valence-electron chi connectivity index (χ1n) is 6.22. The minimum atomic E-state index is -0.405. The van der Waals surface area contributed by atoms with Crippen molar-refractivity contribution in [2.45, 2.75) is 38.6 Å². The quantitative estimate of drug-likeness (QED) is 0.852. The lowest BCUT2D eigenvalue weighted by Crippen LogP contribution is -2.48. The van der Waals surface area contributed by atoms with Crippen molar-refractivity contribution in [2.24, 2.45) is 17.6 Å². The Hall–Kier alpha value is -1.16. The smallest absolute Gasteiger partial charge is 0.237 e. The van der Waals surface area contributed by atoms with Crippen LogP contribution < -0.4 is 10.5 Å². The average Bonchev–Trinajstić information content (AvgIpc) is 2.34. The van der Waals surface area contributed by atoms with Gasteiger partial charge < -0.3 is 10.5 Å². The van der Waals surface area contributed by atoms with Crippen LogP contribution in [-0.2, 0) is 5.54 Å². The second-order valence-corrected chi connectivity index (χ2v) is 5.24. The molecule has 1 aliphatic rings. The number of nitrogens with zero attached hydrogens (tertiary/aromatic N) is 2. The molecule has 4 nitrogen and oxygen atoms in total. The third-order valence-corrected chi connectivity index (χ3v) is 3.96. The van der Waals surface area contributed by atoms with Crippen molar-refractivity contribution in [2.75, 3.05) is 7.11 Å². The number of ether oxygens (including phenoxy) is 1. The van der Waals surface area contributed by atoms with Crippen molar-refractivity contribution in [1.29, 1.82) is 0 Å². The van der Waals surface area contributed by atoms with E-state index in [9.17, 15) is 0 Å². The van der Waals surface area contributed by atoms with Gasteiger partial charge in [-0.2, -0.15) is 0 Å². The van der Waals surface area contributed by atoms with Gasteiger partial charge in [-0.05, 0) is 24.7 Å². The van der Waals surface area contributed by atoms with Crippen molar-refractivity contribution in [3.05, 3.63) is 18.1 Å². The Kier molecular flexibility index (Phi) is 3.33. The van der Waals surface area contributed by atoms with Gasteiger partial charge in [0.1, 0.15) is 5.69 Å². The van der Waals surface area contributed by atoms with Crippen LogP contribution in [0.15, 0.2) is 12.4 Å². The molecule has 2 N–H and O–H groups in total. The number of aromatic nitrogens is 2. The molecule has 3 atom stereocenters. The molecule has 0 spiro atoms.